The van der Waals surface area contributed by atoms with Gasteiger partial charge in [-0.3, -0.25) is 0 Å². The fourth-order valence-corrected chi connectivity index (χ4v) is 1.52. The third kappa shape index (κ3) is 1.69. The van der Waals surface area contributed by atoms with E-state index in [1.807, 2.05) is 36.7 Å². The SMILES string of the molecule is CC(c1ccc(F)cc1)n1cccc1. The Bertz CT molecular complexity index is 389. The maximum Gasteiger partial charge on any atom is 0.123 e. The highest BCUT2D eigenvalue weighted by Crippen LogP contribution is 2.17. The van der Waals surface area contributed by atoms with Crippen LogP contribution in [-0.2, 0) is 0 Å². The molecule has 0 spiro atoms. The normalized spacial score (nSPS) is 12.7. The lowest BCUT2D eigenvalue weighted by atomic mass is 10.1. The number of nitrogens with zero attached hydrogens (tertiary/aromatic N) is 1. The average Bonchev–Trinajstić information content (AvgIpc) is 2.71. The van der Waals surface area contributed by atoms with Gasteiger partial charge in [0.1, 0.15) is 5.82 Å². The van der Waals surface area contributed by atoms with Crippen molar-refractivity contribution in [2.45, 2.75) is 13.0 Å². The Labute approximate surface area is 82.8 Å². The van der Waals surface area contributed by atoms with Crippen molar-refractivity contribution in [1.29, 1.82) is 0 Å². The van der Waals surface area contributed by atoms with E-state index in [0.29, 0.717) is 0 Å². The van der Waals surface area contributed by atoms with Crippen LogP contribution >= 0.6 is 0 Å². The number of halogens is 1. The van der Waals surface area contributed by atoms with E-state index in [-0.39, 0.29) is 11.9 Å². The van der Waals surface area contributed by atoms with Crippen molar-refractivity contribution < 1.29 is 4.39 Å². The standard InChI is InChI=1S/C12H12FN/c1-10(14-8-2-3-9-14)11-4-6-12(13)7-5-11/h2-10H,1H3. The van der Waals surface area contributed by atoms with E-state index in [2.05, 4.69) is 11.5 Å². The molecule has 1 nitrogen and oxygen atoms in total. The van der Waals surface area contributed by atoms with Crippen molar-refractivity contribution in [3.8, 4) is 0 Å². The summed E-state index contributed by atoms with van der Waals surface area (Å²) in [5.41, 5.74) is 1.11. The van der Waals surface area contributed by atoms with Crippen LogP contribution in [0.2, 0.25) is 0 Å². The minimum absolute atomic E-state index is 0.187. The fourth-order valence-electron chi connectivity index (χ4n) is 1.52. The summed E-state index contributed by atoms with van der Waals surface area (Å²) in [5, 5.41) is 0. The molecule has 0 radical (unpaired) electrons. The summed E-state index contributed by atoms with van der Waals surface area (Å²) in [6, 6.07) is 10.9. The van der Waals surface area contributed by atoms with Gasteiger partial charge in [-0.2, -0.15) is 0 Å². The highest BCUT2D eigenvalue weighted by Gasteiger charge is 2.05. The summed E-state index contributed by atoms with van der Waals surface area (Å²) in [6.45, 7) is 2.09. The lowest BCUT2D eigenvalue weighted by Crippen LogP contribution is -2.03. The third-order valence-corrected chi connectivity index (χ3v) is 2.43. The Kier molecular flexibility index (Phi) is 2.35. The van der Waals surface area contributed by atoms with Crippen molar-refractivity contribution in [2.75, 3.05) is 0 Å². The van der Waals surface area contributed by atoms with Crippen LogP contribution in [0.5, 0.6) is 0 Å². The lowest BCUT2D eigenvalue weighted by molar-refractivity contribution is 0.616. The molecule has 1 atom stereocenters. The van der Waals surface area contributed by atoms with Gasteiger partial charge in [0.05, 0.1) is 6.04 Å². The number of aromatic nitrogens is 1. The zero-order valence-electron chi connectivity index (χ0n) is 8.02. The monoisotopic (exact) mass is 189 g/mol. The molecular formula is C12H12FN. The van der Waals surface area contributed by atoms with Gasteiger partial charge < -0.3 is 4.57 Å². The van der Waals surface area contributed by atoms with Gasteiger partial charge in [-0.1, -0.05) is 12.1 Å². The molecule has 1 aromatic carbocycles. The maximum absolute atomic E-state index is 12.7. The second-order valence-electron chi connectivity index (χ2n) is 3.36. The van der Waals surface area contributed by atoms with Crippen molar-refractivity contribution in [1.82, 2.24) is 4.57 Å². The van der Waals surface area contributed by atoms with Gasteiger partial charge in [0.15, 0.2) is 0 Å². The molecule has 0 aliphatic heterocycles. The maximum atomic E-state index is 12.7. The van der Waals surface area contributed by atoms with Gasteiger partial charge in [0.2, 0.25) is 0 Å². The van der Waals surface area contributed by atoms with E-state index in [1.165, 1.54) is 12.1 Å². The van der Waals surface area contributed by atoms with Crippen molar-refractivity contribution in [2.24, 2.45) is 0 Å². The number of hydrogen-bond acceptors (Lipinski definition) is 0. The van der Waals surface area contributed by atoms with Crippen LogP contribution < -0.4 is 0 Å². The van der Waals surface area contributed by atoms with Crippen molar-refractivity contribution >= 4 is 0 Å². The molecule has 1 unspecified atom stereocenters. The van der Waals surface area contributed by atoms with E-state index < -0.39 is 0 Å². The largest absolute Gasteiger partial charge is 0.347 e. The quantitative estimate of drug-likeness (QED) is 0.683. The predicted molar refractivity (Wildman–Crippen MR) is 54.6 cm³/mol. The van der Waals surface area contributed by atoms with Crippen LogP contribution in [0.4, 0.5) is 4.39 Å². The molecule has 72 valence electrons. The Morgan fingerprint density at radius 2 is 1.64 bits per heavy atom. The van der Waals surface area contributed by atoms with Crippen molar-refractivity contribution in [3.63, 3.8) is 0 Å². The number of benzene rings is 1. The van der Waals surface area contributed by atoms with E-state index in [1.54, 1.807) is 0 Å². The van der Waals surface area contributed by atoms with E-state index in [4.69, 9.17) is 0 Å². The van der Waals surface area contributed by atoms with Crippen LogP contribution in [0, 0.1) is 5.82 Å². The van der Waals surface area contributed by atoms with E-state index in [9.17, 15) is 4.39 Å². The van der Waals surface area contributed by atoms with Crippen LogP contribution in [0.25, 0.3) is 0 Å². The molecule has 0 aliphatic rings. The summed E-state index contributed by atoms with van der Waals surface area (Å²) >= 11 is 0. The molecule has 0 bridgehead atoms. The number of hydrogen-bond donors (Lipinski definition) is 0. The summed E-state index contributed by atoms with van der Waals surface area (Å²) in [6.07, 6.45) is 4.02. The molecule has 0 N–H and O–H groups in total. The first-order valence-electron chi connectivity index (χ1n) is 4.65. The van der Waals surface area contributed by atoms with E-state index in [0.717, 1.165) is 5.56 Å². The van der Waals surface area contributed by atoms with Crippen molar-refractivity contribution in [3.05, 3.63) is 60.2 Å². The van der Waals surface area contributed by atoms with Gasteiger partial charge >= 0.3 is 0 Å². The molecule has 0 saturated heterocycles. The first kappa shape index (κ1) is 9.00. The molecule has 2 heteroatoms. The van der Waals surface area contributed by atoms with Gasteiger partial charge in [-0.05, 0) is 36.8 Å². The Morgan fingerprint density at radius 1 is 1.07 bits per heavy atom. The molecule has 14 heavy (non-hydrogen) atoms. The second kappa shape index (κ2) is 3.66. The minimum Gasteiger partial charge on any atom is -0.347 e. The molecule has 1 heterocycles. The van der Waals surface area contributed by atoms with Crippen LogP contribution in [0.3, 0.4) is 0 Å². The molecular weight excluding hydrogens is 177 g/mol. The fraction of sp³-hybridized carbons (Fsp3) is 0.167. The van der Waals surface area contributed by atoms with E-state index >= 15 is 0 Å². The first-order chi connectivity index (χ1) is 6.77. The Balaban J connectivity index is 2.28. The van der Waals surface area contributed by atoms with Crippen LogP contribution in [0.1, 0.15) is 18.5 Å². The third-order valence-electron chi connectivity index (χ3n) is 2.43. The smallest absolute Gasteiger partial charge is 0.123 e. The lowest BCUT2D eigenvalue weighted by Gasteiger charge is -2.13. The van der Waals surface area contributed by atoms with Gasteiger partial charge in [-0.15, -0.1) is 0 Å². The zero-order valence-corrected chi connectivity index (χ0v) is 8.02. The van der Waals surface area contributed by atoms with Gasteiger partial charge in [0.25, 0.3) is 0 Å². The average molecular weight is 189 g/mol. The Hall–Kier alpha value is -1.57. The van der Waals surface area contributed by atoms with Crippen LogP contribution in [0.15, 0.2) is 48.8 Å². The first-order valence-corrected chi connectivity index (χ1v) is 4.65. The van der Waals surface area contributed by atoms with Gasteiger partial charge in [0, 0.05) is 12.4 Å². The topological polar surface area (TPSA) is 4.93 Å². The predicted octanol–water partition coefficient (Wildman–Crippen LogP) is 3.24. The zero-order chi connectivity index (χ0) is 9.97. The second-order valence-corrected chi connectivity index (χ2v) is 3.36. The molecule has 1 aromatic heterocycles. The molecule has 2 aromatic rings. The summed E-state index contributed by atoms with van der Waals surface area (Å²) < 4.78 is 14.8. The van der Waals surface area contributed by atoms with Gasteiger partial charge in [-0.25, -0.2) is 4.39 Å². The summed E-state index contributed by atoms with van der Waals surface area (Å²) in [7, 11) is 0. The summed E-state index contributed by atoms with van der Waals surface area (Å²) in [4.78, 5) is 0. The molecule has 2 rings (SSSR count). The molecule has 0 aliphatic carbocycles. The highest BCUT2D eigenvalue weighted by molar-refractivity contribution is 5.20. The number of rotatable bonds is 2. The summed E-state index contributed by atoms with van der Waals surface area (Å²) in [5.74, 6) is -0.187. The minimum atomic E-state index is -0.187. The molecule has 0 amide bonds. The Morgan fingerprint density at radius 3 is 2.21 bits per heavy atom. The highest BCUT2D eigenvalue weighted by atomic mass is 19.1. The molecule has 0 saturated carbocycles. The van der Waals surface area contributed by atoms with Crippen LogP contribution in [-0.4, -0.2) is 4.57 Å². The molecule has 0 fully saturated rings.